The molecule has 0 spiro atoms. The minimum absolute atomic E-state index is 0.256. The number of esters is 2. The van der Waals surface area contributed by atoms with Gasteiger partial charge in [0.1, 0.15) is 0 Å². The zero-order valence-corrected chi connectivity index (χ0v) is 15.1. The fourth-order valence-corrected chi connectivity index (χ4v) is 4.82. The van der Waals surface area contributed by atoms with Gasteiger partial charge in [-0.25, -0.2) is 9.59 Å². The number of halogens is 1. The van der Waals surface area contributed by atoms with Gasteiger partial charge in [0.05, 0.1) is 4.90 Å². The number of hydrogen-bond donors (Lipinski definition) is 3. The molecule has 0 amide bonds. The van der Waals surface area contributed by atoms with E-state index in [9.17, 15) is 18.7 Å². The minimum atomic E-state index is -2.94. The van der Waals surface area contributed by atoms with Crippen LogP contribution in [-0.4, -0.2) is 26.8 Å². The number of cyclic esters (lactones) is 2. The summed E-state index contributed by atoms with van der Waals surface area (Å²) < 4.78 is 30.4. The van der Waals surface area contributed by atoms with Gasteiger partial charge in [-0.3, -0.25) is 9.11 Å². The SMILES string of the molecule is CC1(C)OC(=O)C(=CNc2ccc3c(c2)C(Br)=CS3(O)O)C(=O)O1. The third kappa shape index (κ3) is 3.07. The summed E-state index contributed by atoms with van der Waals surface area (Å²) in [5.74, 6) is -2.84. The summed E-state index contributed by atoms with van der Waals surface area (Å²) >= 11 is 3.28. The molecule has 1 aromatic rings. The van der Waals surface area contributed by atoms with Crippen LogP contribution in [-0.2, 0) is 19.1 Å². The van der Waals surface area contributed by atoms with Crippen molar-refractivity contribution >= 4 is 48.6 Å². The smallest absolute Gasteiger partial charge is 0.350 e. The summed E-state index contributed by atoms with van der Waals surface area (Å²) in [5.41, 5.74) is 0.913. The summed E-state index contributed by atoms with van der Waals surface area (Å²) in [6.45, 7) is 2.94. The second-order valence-corrected chi connectivity index (χ2v) is 8.37. The molecule has 0 aromatic heterocycles. The van der Waals surface area contributed by atoms with E-state index in [2.05, 4.69) is 21.2 Å². The lowest BCUT2D eigenvalue weighted by atomic mass is 10.2. The van der Waals surface area contributed by atoms with Crippen LogP contribution in [0, 0.1) is 0 Å². The van der Waals surface area contributed by atoms with E-state index in [0.717, 1.165) is 0 Å². The number of hydrogen-bond acceptors (Lipinski definition) is 7. The van der Waals surface area contributed by atoms with E-state index in [1.807, 2.05) is 0 Å². The first kappa shape index (κ1) is 17.0. The molecule has 1 saturated heterocycles. The number of anilines is 1. The first-order valence-electron chi connectivity index (χ1n) is 6.82. The molecule has 2 heterocycles. The van der Waals surface area contributed by atoms with Crippen LogP contribution < -0.4 is 5.32 Å². The summed E-state index contributed by atoms with van der Waals surface area (Å²) in [6.07, 6.45) is 1.20. The monoisotopic (exact) mass is 415 g/mol. The fraction of sp³-hybridized carbons (Fsp3) is 0.200. The third-order valence-electron chi connectivity index (χ3n) is 3.33. The average Bonchev–Trinajstić information content (AvgIpc) is 2.66. The van der Waals surface area contributed by atoms with Crippen LogP contribution in [0.25, 0.3) is 4.48 Å². The van der Waals surface area contributed by atoms with Gasteiger partial charge in [-0.2, -0.15) is 0 Å². The van der Waals surface area contributed by atoms with Crippen molar-refractivity contribution in [3.63, 3.8) is 0 Å². The summed E-state index contributed by atoms with van der Waals surface area (Å²) in [7, 11) is -2.94. The van der Waals surface area contributed by atoms with Gasteiger partial charge in [0.15, 0.2) is 5.57 Å². The van der Waals surface area contributed by atoms with Crippen molar-refractivity contribution in [1.82, 2.24) is 0 Å². The van der Waals surface area contributed by atoms with Crippen LogP contribution in [0.5, 0.6) is 0 Å². The molecule has 2 aliphatic heterocycles. The molecule has 0 atom stereocenters. The van der Waals surface area contributed by atoms with E-state index >= 15 is 0 Å². The van der Waals surface area contributed by atoms with Crippen molar-refractivity contribution in [3.05, 3.63) is 40.9 Å². The van der Waals surface area contributed by atoms with Crippen LogP contribution >= 0.6 is 26.5 Å². The Kier molecular flexibility index (Phi) is 3.99. The second-order valence-electron chi connectivity index (χ2n) is 5.65. The van der Waals surface area contributed by atoms with Crippen LogP contribution in [0.1, 0.15) is 19.4 Å². The molecule has 0 radical (unpaired) electrons. The van der Waals surface area contributed by atoms with Gasteiger partial charge in [0.2, 0.25) is 0 Å². The van der Waals surface area contributed by atoms with Crippen LogP contribution in [0.2, 0.25) is 0 Å². The highest BCUT2D eigenvalue weighted by molar-refractivity contribution is 9.15. The van der Waals surface area contributed by atoms with E-state index in [1.165, 1.54) is 25.5 Å². The van der Waals surface area contributed by atoms with E-state index < -0.39 is 28.3 Å². The number of ether oxygens (including phenoxy) is 2. The lowest BCUT2D eigenvalue weighted by molar-refractivity contribution is -0.222. The van der Waals surface area contributed by atoms with Gasteiger partial charge < -0.3 is 14.8 Å². The highest BCUT2D eigenvalue weighted by atomic mass is 79.9. The van der Waals surface area contributed by atoms with Crippen LogP contribution in [0.3, 0.4) is 0 Å². The molecule has 1 aromatic carbocycles. The normalized spacial score (nSPS) is 22.0. The Hall–Kier alpha value is -1.81. The van der Waals surface area contributed by atoms with Crippen molar-refractivity contribution in [2.45, 2.75) is 24.5 Å². The highest BCUT2D eigenvalue weighted by Crippen LogP contribution is 2.60. The minimum Gasteiger partial charge on any atom is -0.419 e. The highest BCUT2D eigenvalue weighted by Gasteiger charge is 2.39. The standard InChI is InChI=1S/C15H14BrNO6S/c1-15(2)22-13(18)10(14(19)23-15)6-17-8-3-4-12-9(5-8)11(16)7-24(12,20)21/h3-7,17,20-21H,1-2H3. The lowest BCUT2D eigenvalue weighted by Gasteiger charge is -2.29. The number of fused-ring (bicyclic) bond motifs is 1. The van der Waals surface area contributed by atoms with Crippen molar-refractivity contribution in [2.75, 3.05) is 5.32 Å². The zero-order chi connectivity index (χ0) is 17.7. The molecule has 1 fully saturated rings. The molecule has 2 aliphatic rings. The molecule has 3 rings (SSSR count). The molecule has 9 heteroatoms. The van der Waals surface area contributed by atoms with Crippen molar-refractivity contribution < 1.29 is 28.2 Å². The number of rotatable bonds is 2. The Morgan fingerprint density at radius 1 is 1.21 bits per heavy atom. The summed E-state index contributed by atoms with van der Waals surface area (Å²) in [5, 5.41) is 4.16. The zero-order valence-electron chi connectivity index (χ0n) is 12.7. The first-order valence-corrected chi connectivity index (χ1v) is 9.23. The Morgan fingerprint density at radius 2 is 1.83 bits per heavy atom. The van der Waals surface area contributed by atoms with Crippen molar-refractivity contribution in [1.29, 1.82) is 0 Å². The maximum atomic E-state index is 11.9. The topological polar surface area (TPSA) is 105 Å². The molecule has 0 unspecified atom stereocenters. The molecule has 7 nitrogen and oxygen atoms in total. The van der Waals surface area contributed by atoms with Crippen molar-refractivity contribution in [3.8, 4) is 0 Å². The maximum Gasteiger partial charge on any atom is 0.350 e. The average molecular weight is 416 g/mol. The molecule has 128 valence electrons. The Labute approximate surface area is 147 Å². The van der Waals surface area contributed by atoms with E-state index in [-0.39, 0.29) is 5.57 Å². The Balaban J connectivity index is 1.84. The second kappa shape index (κ2) is 5.62. The van der Waals surface area contributed by atoms with Crippen LogP contribution in [0.4, 0.5) is 5.69 Å². The molecule has 24 heavy (non-hydrogen) atoms. The molecule has 3 N–H and O–H groups in total. The first-order chi connectivity index (χ1) is 11.1. The van der Waals surface area contributed by atoms with Gasteiger partial charge >= 0.3 is 11.9 Å². The van der Waals surface area contributed by atoms with Gasteiger partial charge in [0, 0.05) is 41.2 Å². The van der Waals surface area contributed by atoms with E-state index in [1.54, 1.807) is 18.2 Å². The Bertz CT molecular complexity index is 792. The Morgan fingerprint density at radius 3 is 2.46 bits per heavy atom. The largest absolute Gasteiger partial charge is 0.419 e. The molecular weight excluding hydrogens is 402 g/mol. The molecule has 0 bridgehead atoms. The number of carbonyl (C=O) groups is 2. The summed E-state index contributed by atoms with van der Waals surface area (Å²) in [4.78, 5) is 24.1. The fourth-order valence-electron chi connectivity index (χ4n) is 2.27. The van der Waals surface area contributed by atoms with Gasteiger partial charge in [-0.1, -0.05) is 0 Å². The van der Waals surface area contributed by atoms with Gasteiger partial charge in [-0.15, -0.1) is 10.6 Å². The molecule has 0 saturated carbocycles. The number of carbonyl (C=O) groups excluding carboxylic acids is 2. The number of benzene rings is 1. The van der Waals surface area contributed by atoms with Gasteiger partial charge in [0.25, 0.3) is 5.79 Å². The maximum absolute atomic E-state index is 11.9. The van der Waals surface area contributed by atoms with Crippen LogP contribution in [0.15, 0.2) is 40.3 Å². The van der Waals surface area contributed by atoms with Crippen molar-refractivity contribution in [2.24, 2.45) is 0 Å². The molecule has 0 aliphatic carbocycles. The quantitative estimate of drug-likeness (QED) is 0.384. The predicted molar refractivity (Wildman–Crippen MR) is 92.4 cm³/mol. The number of nitrogens with one attached hydrogen (secondary N) is 1. The lowest BCUT2D eigenvalue weighted by Crippen LogP contribution is -2.42. The van der Waals surface area contributed by atoms with E-state index in [0.29, 0.717) is 20.6 Å². The molecular formula is C15H14BrNO6S. The van der Waals surface area contributed by atoms with Gasteiger partial charge in [-0.05, 0) is 34.1 Å². The predicted octanol–water partition coefficient (Wildman–Crippen LogP) is 3.63. The third-order valence-corrected chi connectivity index (χ3v) is 5.86. The summed E-state index contributed by atoms with van der Waals surface area (Å²) in [6, 6.07) is 4.83. The van der Waals surface area contributed by atoms with E-state index in [4.69, 9.17) is 9.47 Å².